The van der Waals surface area contributed by atoms with Crippen molar-refractivity contribution in [1.82, 2.24) is 19.7 Å². The standard InChI is InChI=1S/C29H20N6O/c1-2-27(36)32-21-12-13-24-25(15-21)30-18-31-29(24)33-26-14-20-17-35(16-19-8-4-3-5-9-19)34-28(20)23-11-7-6-10-22(23)26/h1,3-15,17-18H,16H2,(H,32,36)(H,30,31,33). The van der Waals surface area contributed by atoms with Crippen molar-refractivity contribution in [3.05, 3.63) is 97.0 Å². The maximum atomic E-state index is 11.6. The van der Waals surface area contributed by atoms with Crippen molar-refractivity contribution in [2.24, 2.45) is 0 Å². The number of nitrogens with zero attached hydrogens (tertiary/aromatic N) is 4. The second kappa shape index (κ2) is 8.85. The average Bonchev–Trinajstić information content (AvgIpc) is 3.31. The highest BCUT2D eigenvalue weighted by molar-refractivity contribution is 6.12. The predicted octanol–water partition coefficient (Wildman–Crippen LogP) is 5.50. The molecular formula is C29H20N6O. The first kappa shape index (κ1) is 21.3. The van der Waals surface area contributed by atoms with Gasteiger partial charge in [0.25, 0.3) is 5.91 Å². The van der Waals surface area contributed by atoms with Crippen molar-refractivity contribution in [1.29, 1.82) is 0 Å². The van der Waals surface area contributed by atoms with Crippen LogP contribution in [0.4, 0.5) is 17.2 Å². The first-order valence-corrected chi connectivity index (χ1v) is 11.4. The SMILES string of the molecule is C#CC(=O)Nc1ccc2c(Nc3cc4cn(Cc5ccccc5)nc4c4ccccc34)ncnc2c1. The molecule has 1 amide bonds. The first-order valence-electron chi connectivity index (χ1n) is 11.4. The molecule has 0 fully saturated rings. The number of anilines is 3. The molecule has 2 aromatic heterocycles. The smallest absolute Gasteiger partial charge is 0.300 e. The molecule has 6 rings (SSSR count). The topological polar surface area (TPSA) is 84.7 Å². The number of hydrogen-bond donors (Lipinski definition) is 2. The van der Waals surface area contributed by atoms with Crippen LogP contribution in [-0.4, -0.2) is 25.7 Å². The van der Waals surface area contributed by atoms with Gasteiger partial charge in [0.15, 0.2) is 0 Å². The highest BCUT2D eigenvalue weighted by Crippen LogP contribution is 2.34. The molecule has 172 valence electrons. The van der Waals surface area contributed by atoms with Crippen molar-refractivity contribution in [3.8, 4) is 12.3 Å². The van der Waals surface area contributed by atoms with Gasteiger partial charge in [-0.05, 0) is 35.7 Å². The Hall–Kier alpha value is -5.22. The Balaban J connectivity index is 1.41. The molecule has 2 N–H and O–H groups in total. The summed E-state index contributed by atoms with van der Waals surface area (Å²) in [5, 5.41) is 15.0. The van der Waals surface area contributed by atoms with E-state index in [4.69, 9.17) is 11.5 Å². The van der Waals surface area contributed by atoms with E-state index in [0.717, 1.165) is 32.7 Å². The summed E-state index contributed by atoms with van der Waals surface area (Å²) >= 11 is 0. The number of hydrogen-bond acceptors (Lipinski definition) is 5. The minimum atomic E-state index is -0.505. The summed E-state index contributed by atoms with van der Waals surface area (Å²) in [6.07, 6.45) is 8.73. The summed E-state index contributed by atoms with van der Waals surface area (Å²) in [7, 11) is 0. The molecule has 0 aliphatic heterocycles. The van der Waals surface area contributed by atoms with E-state index in [-0.39, 0.29) is 0 Å². The van der Waals surface area contributed by atoms with Gasteiger partial charge in [0, 0.05) is 39.1 Å². The van der Waals surface area contributed by atoms with Crippen LogP contribution in [0.5, 0.6) is 0 Å². The molecule has 0 atom stereocenters. The highest BCUT2D eigenvalue weighted by atomic mass is 16.1. The molecule has 0 saturated carbocycles. The van der Waals surface area contributed by atoms with Crippen LogP contribution in [0.2, 0.25) is 0 Å². The number of carbonyl (C=O) groups excluding carboxylic acids is 1. The van der Waals surface area contributed by atoms with Crippen molar-refractivity contribution in [2.75, 3.05) is 10.6 Å². The first-order chi connectivity index (χ1) is 17.7. The Kier molecular flexibility index (Phi) is 5.24. The highest BCUT2D eigenvalue weighted by Gasteiger charge is 2.13. The Morgan fingerprint density at radius 2 is 1.72 bits per heavy atom. The monoisotopic (exact) mass is 468 g/mol. The third-order valence-corrected chi connectivity index (χ3v) is 6.03. The van der Waals surface area contributed by atoms with E-state index in [9.17, 15) is 4.79 Å². The van der Waals surface area contributed by atoms with Gasteiger partial charge >= 0.3 is 0 Å². The van der Waals surface area contributed by atoms with Crippen LogP contribution in [0.1, 0.15) is 5.56 Å². The van der Waals surface area contributed by atoms with E-state index in [0.29, 0.717) is 23.6 Å². The second-order valence-corrected chi connectivity index (χ2v) is 8.40. The van der Waals surface area contributed by atoms with Gasteiger partial charge in [-0.2, -0.15) is 5.10 Å². The van der Waals surface area contributed by atoms with E-state index in [1.165, 1.54) is 11.9 Å². The van der Waals surface area contributed by atoms with Crippen molar-refractivity contribution < 1.29 is 4.79 Å². The zero-order valence-corrected chi connectivity index (χ0v) is 19.1. The molecule has 0 aliphatic carbocycles. The van der Waals surface area contributed by atoms with Gasteiger partial charge in [-0.1, -0.05) is 54.6 Å². The molecule has 0 radical (unpaired) electrons. The Morgan fingerprint density at radius 3 is 2.56 bits per heavy atom. The summed E-state index contributed by atoms with van der Waals surface area (Å²) in [5.41, 5.74) is 4.32. The number of aromatic nitrogens is 4. The summed E-state index contributed by atoms with van der Waals surface area (Å²) < 4.78 is 1.97. The molecule has 6 aromatic rings. The van der Waals surface area contributed by atoms with Gasteiger partial charge in [0.2, 0.25) is 0 Å². The molecular weight excluding hydrogens is 448 g/mol. The summed E-state index contributed by atoms with van der Waals surface area (Å²) in [5.74, 6) is 2.21. The molecule has 0 spiro atoms. The molecule has 7 heteroatoms. The molecule has 4 aromatic carbocycles. The zero-order valence-electron chi connectivity index (χ0n) is 19.1. The van der Waals surface area contributed by atoms with Gasteiger partial charge in [-0.3, -0.25) is 9.48 Å². The number of nitrogens with one attached hydrogen (secondary N) is 2. The molecule has 0 saturated heterocycles. The third-order valence-electron chi connectivity index (χ3n) is 6.03. The number of amides is 1. The minimum absolute atomic E-state index is 0.505. The summed E-state index contributed by atoms with van der Waals surface area (Å²) in [4.78, 5) is 20.4. The third kappa shape index (κ3) is 3.97. The van der Waals surface area contributed by atoms with E-state index >= 15 is 0 Å². The van der Waals surface area contributed by atoms with Crippen LogP contribution in [0.25, 0.3) is 32.6 Å². The number of rotatable bonds is 5. The van der Waals surface area contributed by atoms with Crippen LogP contribution < -0.4 is 10.6 Å². The van der Waals surface area contributed by atoms with E-state index in [1.807, 2.05) is 41.1 Å². The van der Waals surface area contributed by atoms with Crippen molar-refractivity contribution in [3.63, 3.8) is 0 Å². The fourth-order valence-corrected chi connectivity index (χ4v) is 4.39. The number of terminal acetylenes is 1. The van der Waals surface area contributed by atoms with Crippen LogP contribution in [0.15, 0.2) is 91.4 Å². The maximum absolute atomic E-state index is 11.6. The Morgan fingerprint density at radius 1 is 0.917 bits per heavy atom. The average molecular weight is 469 g/mol. The number of carbonyl (C=O) groups is 1. The molecule has 0 bridgehead atoms. The zero-order chi connectivity index (χ0) is 24.5. The van der Waals surface area contributed by atoms with Gasteiger partial charge in [0.05, 0.1) is 12.1 Å². The largest absolute Gasteiger partial charge is 0.339 e. The second-order valence-electron chi connectivity index (χ2n) is 8.40. The summed E-state index contributed by atoms with van der Waals surface area (Å²) in [6, 6.07) is 26.0. The van der Waals surface area contributed by atoms with Gasteiger partial charge in [-0.15, -0.1) is 6.42 Å². The van der Waals surface area contributed by atoms with Crippen molar-refractivity contribution in [2.45, 2.75) is 6.54 Å². The van der Waals surface area contributed by atoms with Crippen LogP contribution in [0, 0.1) is 12.3 Å². The van der Waals surface area contributed by atoms with E-state index < -0.39 is 5.91 Å². The van der Waals surface area contributed by atoms with E-state index in [2.05, 4.69) is 63.1 Å². The molecule has 36 heavy (non-hydrogen) atoms. The Labute approximate surface area is 206 Å². The number of benzene rings is 4. The quantitative estimate of drug-likeness (QED) is 0.327. The van der Waals surface area contributed by atoms with Crippen LogP contribution in [0.3, 0.4) is 0 Å². The van der Waals surface area contributed by atoms with E-state index in [1.54, 1.807) is 12.1 Å². The van der Waals surface area contributed by atoms with Crippen LogP contribution >= 0.6 is 0 Å². The lowest BCUT2D eigenvalue weighted by molar-refractivity contribution is -0.111. The fraction of sp³-hybridized carbons (Fsp3) is 0.0345. The van der Waals surface area contributed by atoms with Gasteiger partial charge in [0.1, 0.15) is 17.7 Å². The molecule has 0 unspecified atom stereocenters. The molecule has 2 heterocycles. The molecule has 0 aliphatic rings. The minimum Gasteiger partial charge on any atom is -0.339 e. The maximum Gasteiger partial charge on any atom is 0.300 e. The fourth-order valence-electron chi connectivity index (χ4n) is 4.39. The molecule has 7 nitrogen and oxygen atoms in total. The lowest BCUT2D eigenvalue weighted by Gasteiger charge is -2.12. The van der Waals surface area contributed by atoms with Gasteiger partial charge < -0.3 is 10.6 Å². The van der Waals surface area contributed by atoms with Crippen molar-refractivity contribution >= 4 is 55.7 Å². The van der Waals surface area contributed by atoms with Gasteiger partial charge in [-0.25, -0.2) is 9.97 Å². The summed E-state index contributed by atoms with van der Waals surface area (Å²) in [6.45, 7) is 0.696. The van der Waals surface area contributed by atoms with Crippen LogP contribution in [-0.2, 0) is 11.3 Å². The lowest BCUT2D eigenvalue weighted by Crippen LogP contribution is -2.08. The predicted molar refractivity (Wildman–Crippen MR) is 143 cm³/mol. The normalized spacial score (nSPS) is 11.0. The number of fused-ring (bicyclic) bond motifs is 4. The Bertz CT molecular complexity index is 1800. The lowest BCUT2D eigenvalue weighted by atomic mass is 10.1.